The molecule has 0 spiro atoms. The van der Waals surface area contributed by atoms with Gasteiger partial charge < -0.3 is 5.73 Å². The summed E-state index contributed by atoms with van der Waals surface area (Å²) in [4.78, 5) is 0.0958. The Morgan fingerprint density at radius 2 is 1.52 bits per heavy atom. The quantitative estimate of drug-likeness (QED) is 0.924. The van der Waals surface area contributed by atoms with Gasteiger partial charge in [0.05, 0.1) is 10.5 Å². The summed E-state index contributed by atoms with van der Waals surface area (Å²) >= 11 is 0. The molecule has 2 aromatic rings. The number of benzene rings is 2. The van der Waals surface area contributed by atoms with E-state index in [1.54, 1.807) is 12.1 Å². The van der Waals surface area contributed by atoms with Crippen LogP contribution in [0.5, 0.6) is 0 Å². The summed E-state index contributed by atoms with van der Waals surface area (Å²) in [5.41, 5.74) is 5.89. The topological polar surface area (TPSA) is 60.2 Å². The molecule has 0 saturated heterocycles. The molecule has 0 aliphatic heterocycles. The van der Waals surface area contributed by atoms with Crippen LogP contribution in [0.3, 0.4) is 0 Å². The first-order valence-corrected chi connectivity index (χ1v) is 8.38. The molecule has 0 aromatic heterocycles. The van der Waals surface area contributed by atoms with Gasteiger partial charge in [0.15, 0.2) is 9.84 Å². The van der Waals surface area contributed by atoms with Crippen molar-refractivity contribution in [3.8, 4) is 0 Å². The number of hydrogen-bond donors (Lipinski definition) is 1. The molecule has 23 heavy (non-hydrogen) atoms. The zero-order valence-corrected chi connectivity index (χ0v) is 13.2. The molecule has 124 valence electrons. The fraction of sp³-hybridized carbons (Fsp3) is 0.250. The highest BCUT2D eigenvalue weighted by molar-refractivity contribution is 7.91. The second-order valence-corrected chi connectivity index (χ2v) is 7.33. The van der Waals surface area contributed by atoms with Gasteiger partial charge in [0, 0.05) is 6.54 Å². The van der Waals surface area contributed by atoms with Crippen LogP contribution >= 0.6 is 0 Å². The number of nitrogens with two attached hydrogens (primary N) is 1. The minimum Gasteiger partial charge on any atom is -0.329 e. The fourth-order valence-electron chi connectivity index (χ4n) is 2.22. The van der Waals surface area contributed by atoms with E-state index in [4.69, 9.17) is 5.73 Å². The lowest BCUT2D eigenvalue weighted by molar-refractivity contribution is -0.137. The summed E-state index contributed by atoms with van der Waals surface area (Å²) in [7, 11) is -3.78. The SMILES string of the molecule is Cc1ccc(S(=O)(=O)[C@@H](CN)c2ccc(C(F)(F)F)cc2)cc1. The molecule has 1 atom stereocenters. The maximum Gasteiger partial charge on any atom is 0.416 e. The van der Waals surface area contributed by atoms with Crippen LogP contribution in [-0.2, 0) is 16.0 Å². The third kappa shape index (κ3) is 3.73. The van der Waals surface area contributed by atoms with Crippen molar-refractivity contribution in [1.82, 2.24) is 0 Å². The first-order chi connectivity index (χ1) is 10.7. The predicted octanol–water partition coefficient (Wildman–Crippen LogP) is 3.49. The van der Waals surface area contributed by atoms with Crippen LogP contribution in [0.25, 0.3) is 0 Å². The summed E-state index contributed by atoms with van der Waals surface area (Å²) in [6, 6.07) is 10.3. The van der Waals surface area contributed by atoms with Gasteiger partial charge in [0.25, 0.3) is 0 Å². The normalized spacial score (nSPS) is 13.8. The van der Waals surface area contributed by atoms with Crippen molar-refractivity contribution in [3.63, 3.8) is 0 Å². The summed E-state index contributed by atoms with van der Waals surface area (Å²) in [6.45, 7) is 1.61. The first kappa shape index (κ1) is 17.5. The van der Waals surface area contributed by atoms with Gasteiger partial charge in [0.2, 0.25) is 0 Å². The van der Waals surface area contributed by atoms with Crippen molar-refractivity contribution in [2.24, 2.45) is 5.73 Å². The number of sulfone groups is 1. The first-order valence-electron chi connectivity index (χ1n) is 6.84. The maximum atomic E-state index is 12.7. The van der Waals surface area contributed by atoms with Gasteiger partial charge in [-0.3, -0.25) is 0 Å². The molecule has 0 aliphatic carbocycles. The van der Waals surface area contributed by atoms with Crippen LogP contribution in [0, 0.1) is 6.92 Å². The van der Waals surface area contributed by atoms with Gasteiger partial charge in [-0.15, -0.1) is 0 Å². The maximum absolute atomic E-state index is 12.7. The van der Waals surface area contributed by atoms with E-state index in [-0.39, 0.29) is 17.0 Å². The largest absolute Gasteiger partial charge is 0.416 e. The van der Waals surface area contributed by atoms with E-state index >= 15 is 0 Å². The summed E-state index contributed by atoms with van der Waals surface area (Å²) < 4.78 is 63.1. The van der Waals surface area contributed by atoms with Gasteiger partial charge in [-0.25, -0.2) is 8.42 Å². The molecule has 2 rings (SSSR count). The molecule has 0 unspecified atom stereocenters. The summed E-state index contributed by atoms with van der Waals surface area (Å²) in [6.07, 6.45) is -4.47. The average Bonchev–Trinajstić information content (AvgIpc) is 2.48. The van der Waals surface area contributed by atoms with E-state index < -0.39 is 26.8 Å². The Labute approximate surface area is 132 Å². The van der Waals surface area contributed by atoms with E-state index in [0.717, 1.165) is 29.8 Å². The van der Waals surface area contributed by atoms with E-state index in [1.807, 2.05) is 6.92 Å². The number of halogens is 3. The summed E-state index contributed by atoms with van der Waals surface area (Å²) in [5.74, 6) is 0. The highest BCUT2D eigenvalue weighted by atomic mass is 32.2. The van der Waals surface area contributed by atoms with Crippen molar-refractivity contribution in [3.05, 3.63) is 65.2 Å². The molecule has 3 nitrogen and oxygen atoms in total. The number of hydrogen-bond acceptors (Lipinski definition) is 3. The highest BCUT2D eigenvalue weighted by Crippen LogP contribution is 2.32. The van der Waals surface area contributed by atoms with Gasteiger partial charge in [-0.1, -0.05) is 29.8 Å². The molecule has 7 heteroatoms. The molecule has 0 fully saturated rings. The van der Waals surface area contributed by atoms with Gasteiger partial charge in [-0.2, -0.15) is 13.2 Å². The second kappa shape index (κ2) is 6.33. The molecule has 0 amide bonds. The van der Waals surface area contributed by atoms with Crippen LogP contribution in [0.15, 0.2) is 53.4 Å². The van der Waals surface area contributed by atoms with E-state index in [2.05, 4.69) is 0 Å². The Bertz CT molecular complexity index is 766. The molecular formula is C16H16F3NO2S. The molecule has 0 saturated carbocycles. The van der Waals surface area contributed by atoms with E-state index in [9.17, 15) is 21.6 Å². The van der Waals surface area contributed by atoms with E-state index in [0.29, 0.717) is 0 Å². The van der Waals surface area contributed by atoms with Gasteiger partial charge in [-0.05, 0) is 36.8 Å². The third-order valence-corrected chi connectivity index (χ3v) is 5.69. The van der Waals surface area contributed by atoms with Crippen molar-refractivity contribution >= 4 is 9.84 Å². The lowest BCUT2D eigenvalue weighted by Crippen LogP contribution is -2.22. The van der Waals surface area contributed by atoms with E-state index in [1.165, 1.54) is 12.1 Å². The molecule has 0 heterocycles. The van der Waals surface area contributed by atoms with Crippen molar-refractivity contribution in [2.45, 2.75) is 23.2 Å². The Balaban J connectivity index is 2.41. The van der Waals surface area contributed by atoms with Crippen LogP contribution in [0.2, 0.25) is 0 Å². The zero-order valence-electron chi connectivity index (χ0n) is 12.3. The molecular weight excluding hydrogens is 327 g/mol. The van der Waals surface area contributed by atoms with Crippen molar-refractivity contribution in [2.75, 3.05) is 6.54 Å². The number of alkyl halides is 3. The molecule has 0 bridgehead atoms. The number of aryl methyl sites for hydroxylation is 1. The Hall–Kier alpha value is -1.86. The lowest BCUT2D eigenvalue weighted by Gasteiger charge is -2.17. The molecule has 2 N–H and O–H groups in total. The standard InChI is InChI=1S/C16H16F3NO2S/c1-11-2-8-14(9-3-11)23(21,22)15(10-20)12-4-6-13(7-5-12)16(17,18)19/h2-9,15H,10,20H2,1H3/t15-/m0/s1. The van der Waals surface area contributed by atoms with Crippen LogP contribution in [-0.4, -0.2) is 15.0 Å². The van der Waals surface area contributed by atoms with Crippen LogP contribution < -0.4 is 5.73 Å². The molecule has 0 radical (unpaired) electrons. The smallest absolute Gasteiger partial charge is 0.329 e. The second-order valence-electron chi connectivity index (χ2n) is 5.20. The molecule has 2 aromatic carbocycles. The summed E-state index contributed by atoms with van der Waals surface area (Å²) in [5, 5.41) is -1.09. The van der Waals surface area contributed by atoms with Gasteiger partial charge >= 0.3 is 6.18 Å². The zero-order chi connectivity index (χ0) is 17.3. The van der Waals surface area contributed by atoms with Crippen molar-refractivity contribution in [1.29, 1.82) is 0 Å². The third-order valence-electron chi connectivity index (χ3n) is 3.55. The Morgan fingerprint density at radius 1 is 1.00 bits per heavy atom. The minimum atomic E-state index is -4.47. The fourth-order valence-corrected chi connectivity index (χ4v) is 3.83. The van der Waals surface area contributed by atoms with Crippen LogP contribution in [0.4, 0.5) is 13.2 Å². The average molecular weight is 343 g/mol. The molecule has 0 aliphatic rings. The van der Waals surface area contributed by atoms with Crippen LogP contribution in [0.1, 0.15) is 21.9 Å². The lowest BCUT2D eigenvalue weighted by atomic mass is 10.1. The van der Waals surface area contributed by atoms with Crippen molar-refractivity contribution < 1.29 is 21.6 Å². The monoisotopic (exact) mass is 343 g/mol. The predicted molar refractivity (Wildman–Crippen MR) is 81.6 cm³/mol. The minimum absolute atomic E-state index is 0.0958. The number of rotatable bonds is 4. The Kier molecular flexibility index (Phi) is 4.81. The Morgan fingerprint density at radius 3 is 1.96 bits per heavy atom. The highest BCUT2D eigenvalue weighted by Gasteiger charge is 2.32. The van der Waals surface area contributed by atoms with Gasteiger partial charge in [0.1, 0.15) is 5.25 Å².